The van der Waals surface area contributed by atoms with Gasteiger partial charge in [-0.15, -0.1) is 0 Å². The zero-order chi connectivity index (χ0) is 13.3. The fourth-order valence-electron chi connectivity index (χ4n) is 1.40. The van der Waals surface area contributed by atoms with Gasteiger partial charge in [0.2, 0.25) is 15.0 Å². The first kappa shape index (κ1) is 13.4. The normalized spacial score (nSPS) is 11.7. The smallest absolute Gasteiger partial charge is 0.247 e. The highest BCUT2D eigenvalue weighted by atomic mass is 127. The van der Waals surface area contributed by atoms with Crippen LogP contribution in [0.25, 0.3) is 11.3 Å². The van der Waals surface area contributed by atoms with Gasteiger partial charge in [0.15, 0.2) is 0 Å². The Morgan fingerprint density at radius 2 is 2.17 bits per heavy atom. The Hall–Kier alpha value is -1.03. The number of aryl methyl sites for hydroxylation is 1. The van der Waals surface area contributed by atoms with E-state index in [2.05, 4.69) is 37.7 Å². The minimum absolute atomic E-state index is 0.167. The van der Waals surface area contributed by atoms with Crippen LogP contribution in [0.4, 0.5) is 0 Å². The number of aromatic nitrogens is 4. The van der Waals surface area contributed by atoms with Crippen molar-refractivity contribution in [2.75, 3.05) is 6.26 Å². The van der Waals surface area contributed by atoms with E-state index in [9.17, 15) is 8.42 Å². The summed E-state index contributed by atoms with van der Waals surface area (Å²) in [6.07, 6.45) is 4.38. The first-order chi connectivity index (χ1) is 8.41. The lowest BCUT2D eigenvalue weighted by Gasteiger charge is -2.00. The molecule has 0 aliphatic heterocycles. The third-order valence-corrected chi connectivity index (χ3v) is 3.94. The predicted molar refractivity (Wildman–Crippen MR) is 74.8 cm³/mol. The van der Waals surface area contributed by atoms with E-state index in [1.807, 2.05) is 13.1 Å². The van der Waals surface area contributed by atoms with E-state index < -0.39 is 9.84 Å². The van der Waals surface area contributed by atoms with E-state index in [1.54, 1.807) is 10.7 Å². The third kappa shape index (κ3) is 2.69. The number of nitrogens with zero attached hydrogens (tertiary/aromatic N) is 4. The first-order valence-corrected chi connectivity index (χ1v) is 8.15. The SMILES string of the molecule is CCn1cc(-c2ccnc(S(C)(=O)=O)n2)c(I)n1. The fraction of sp³-hybridized carbons (Fsp3) is 0.300. The second-order valence-electron chi connectivity index (χ2n) is 3.69. The topological polar surface area (TPSA) is 77.7 Å². The summed E-state index contributed by atoms with van der Waals surface area (Å²) in [4.78, 5) is 7.83. The quantitative estimate of drug-likeness (QED) is 0.596. The number of rotatable bonds is 3. The van der Waals surface area contributed by atoms with Crippen molar-refractivity contribution in [3.63, 3.8) is 0 Å². The van der Waals surface area contributed by atoms with Gasteiger partial charge in [-0.1, -0.05) is 0 Å². The molecule has 6 nitrogen and oxygen atoms in total. The second kappa shape index (κ2) is 4.92. The first-order valence-electron chi connectivity index (χ1n) is 5.18. The van der Waals surface area contributed by atoms with Crippen LogP contribution in [-0.4, -0.2) is 34.4 Å². The van der Waals surface area contributed by atoms with E-state index in [0.717, 1.165) is 22.1 Å². The van der Waals surface area contributed by atoms with Gasteiger partial charge in [0, 0.05) is 25.2 Å². The minimum atomic E-state index is -3.40. The molecule has 0 fully saturated rings. The number of halogens is 1. The Balaban J connectivity index is 2.54. The van der Waals surface area contributed by atoms with Crippen LogP contribution in [0.5, 0.6) is 0 Å². The molecule has 0 aliphatic carbocycles. The van der Waals surface area contributed by atoms with Crippen LogP contribution in [0.15, 0.2) is 23.6 Å². The lowest BCUT2D eigenvalue weighted by molar-refractivity contribution is 0.593. The summed E-state index contributed by atoms with van der Waals surface area (Å²) in [5.74, 6) is 0. The molecule has 0 saturated carbocycles. The standard InChI is InChI=1S/C10H11IN4O2S/c1-3-15-6-7(9(11)14-15)8-4-5-12-10(13-8)18(2,16)17/h4-6H,3H2,1-2H3. The monoisotopic (exact) mass is 378 g/mol. The number of sulfone groups is 1. The maximum Gasteiger partial charge on any atom is 0.247 e. The Morgan fingerprint density at radius 1 is 1.44 bits per heavy atom. The molecular formula is C10H11IN4O2S. The van der Waals surface area contributed by atoms with Gasteiger partial charge in [0.1, 0.15) is 3.70 Å². The van der Waals surface area contributed by atoms with Crippen molar-refractivity contribution in [2.45, 2.75) is 18.6 Å². The summed E-state index contributed by atoms with van der Waals surface area (Å²) < 4.78 is 25.4. The summed E-state index contributed by atoms with van der Waals surface area (Å²) in [6, 6.07) is 1.67. The second-order valence-corrected chi connectivity index (χ2v) is 6.62. The minimum Gasteiger partial charge on any atom is -0.271 e. The molecule has 0 radical (unpaired) electrons. The van der Waals surface area contributed by atoms with Crippen LogP contribution < -0.4 is 0 Å². The average Bonchev–Trinajstić information content (AvgIpc) is 2.70. The largest absolute Gasteiger partial charge is 0.271 e. The van der Waals surface area contributed by atoms with Gasteiger partial charge in [0.05, 0.1) is 11.3 Å². The average molecular weight is 378 g/mol. The Kier molecular flexibility index (Phi) is 3.66. The van der Waals surface area contributed by atoms with Crippen LogP contribution in [0.3, 0.4) is 0 Å². The Labute approximate surface area is 119 Å². The Bertz CT molecular complexity index is 681. The molecule has 0 unspecified atom stereocenters. The Morgan fingerprint density at radius 3 is 2.72 bits per heavy atom. The van der Waals surface area contributed by atoms with Crippen LogP contribution in [0.1, 0.15) is 6.92 Å². The van der Waals surface area contributed by atoms with Crippen molar-refractivity contribution in [3.8, 4) is 11.3 Å². The van der Waals surface area contributed by atoms with E-state index in [-0.39, 0.29) is 5.16 Å². The van der Waals surface area contributed by atoms with Crippen molar-refractivity contribution in [1.29, 1.82) is 0 Å². The van der Waals surface area contributed by atoms with Gasteiger partial charge < -0.3 is 0 Å². The molecule has 0 atom stereocenters. The maximum absolute atomic E-state index is 11.4. The van der Waals surface area contributed by atoms with E-state index in [0.29, 0.717) is 5.69 Å². The van der Waals surface area contributed by atoms with Crippen LogP contribution in [-0.2, 0) is 16.4 Å². The number of hydrogen-bond donors (Lipinski definition) is 0. The van der Waals surface area contributed by atoms with E-state index in [1.165, 1.54) is 6.20 Å². The highest BCUT2D eigenvalue weighted by molar-refractivity contribution is 14.1. The third-order valence-electron chi connectivity index (χ3n) is 2.28. The zero-order valence-corrected chi connectivity index (χ0v) is 12.8. The summed E-state index contributed by atoms with van der Waals surface area (Å²) in [5.41, 5.74) is 1.37. The molecule has 2 aromatic heterocycles. The highest BCUT2D eigenvalue weighted by Gasteiger charge is 2.15. The summed E-state index contributed by atoms with van der Waals surface area (Å²) in [6.45, 7) is 2.73. The van der Waals surface area contributed by atoms with E-state index in [4.69, 9.17) is 0 Å². The molecule has 8 heteroatoms. The van der Waals surface area contributed by atoms with Gasteiger partial charge >= 0.3 is 0 Å². The summed E-state index contributed by atoms with van der Waals surface area (Å²) in [7, 11) is -3.40. The molecule has 0 amide bonds. The molecule has 0 N–H and O–H groups in total. The van der Waals surface area contributed by atoms with Gasteiger partial charge in [-0.25, -0.2) is 18.4 Å². The van der Waals surface area contributed by atoms with Crippen molar-refractivity contribution >= 4 is 32.4 Å². The molecule has 2 rings (SSSR count). The van der Waals surface area contributed by atoms with Crippen LogP contribution in [0, 0.1) is 3.70 Å². The molecule has 0 aliphatic rings. The summed E-state index contributed by atoms with van der Waals surface area (Å²) in [5, 5.41) is 4.12. The predicted octanol–water partition coefficient (Wildman–Crippen LogP) is 1.37. The lowest BCUT2D eigenvalue weighted by Crippen LogP contribution is -2.04. The van der Waals surface area contributed by atoms with Gasteiger partial charge in [-0.05, 0) is 35.6 Å². The highest BCUT2D eigenvalue weighted by Crippen LogP contribution is 2.22. The zero-order valence-electron chi connectivity index (χ0n) is 9.83. The number of hydrogen-bond acceptors (Lipinski definition) is 5. The van der Waals surface area contributed by atoms with Crippen molar-refractivity contribution in [1.82, 2.24) is 19.7 Å². The molecule has 0 spiro atoms. The van der Waals surface area contributed by atoms with Crippen LogP contribution >= 0.6 is 22.6 Å². The molecule has 18 heavy (non-hydrogen) atoms. The lowest BCUT2D eigenvalue weighted by atomic mass is 10.2. The van der Waals surface area contributed by atoms with Crippen LogP contribution in [0.2, 0.25) is 0 Å². The van der Waals surface area contributed by atoms with Gasteiger partial charge in [0.25, 0.3) is 0 Å². The molecule has 96 valence electrons. The van der Waals surface area contributed by atoms with Crippen molar-refractivity contribution < 1.29 is 8.42 Å². The maximum atomic E-state index is 11.4. The van der Waals surface area contributed by atoms with Crippen molar-refractivity contribution in [2.24, 2.45) is 0 Å². The van der Waals surface area contributed by atoms with Gasteiger partial charge in [-0.3, -0.25) is 4.68 Å². The molecule has 0 aromatic carbocycles. The van der Waals surface area contributed by atoms with Gasteiger partial charge in [-0.2, -0.15) is 5.10 Å². The van der Waals surface area contributed by atoms with E-state index >= 15 is 0 Å². The van der Waals surface area contributed by atoms with Crippen molar-refractivity contribution in [3.05, 3.63) is 22.2 Å². The molecule has 0 saturated heterocycles. The molecule has 2 aromatic rings. The fourth-order valence-corrected chi connectivity index (χ4v) is 2.61. The molecule has 2 heterocycles. The molecular weight excluding hydrogens is 367 g/mol. The molecule has 0 bridgehead atoms. The summed E-state index contributed by atoms with van der Waals surface area (Å²) >= 11 is 2.10.